The second-order valence-electron chi connectivity index (χ2n) is 5.22. The molecule has 0 radical (unpaired) electrons. The van der Waals surface area contributed by atoms with Crippen LogP contribution in [-0.4, -0.2) is 40.2 Å². The quantitative estimate of drug-likeness (QED) is 0.619. The van der Waals surface area contributed by atoms with Crippen molar-refractivity contribution in [3.8, 4) is 0 Å². The Hall–Kier alpha value is -1.64. The summed E-state index contributed by atoms with van der Waals surface area (Å²) in [6.07, 6.45) is 0.558. The minimum Gasteiger partial charge on any atom is -0.465 e. The van der Waals surface area contributed by atoms with Gasteiger partial charge in [-0.1, -0.05) is 0 Å². The predicted molar refractivity (Wildman–Crippen MR) is 76.4 cm³/mol. The fourth-order valence-electron chi connectivity index (χ4n) is 2.17. The molecule has 116 valence electrons. The van der Waals surface area contributed by atoms with Crippen molar-refractivity contribution >= 4 is 21.7 Å². The van der Waals surface area contributed by atoms with E-state index in [1.807, 2.05) is 0 Å². The molecule has 0 bridgehead atoms. The van der Waals surface area contributed by atoms with Gasteiger partial charge in [-0.25, -0.2) is 17.9 Å². The Labute approximate surface area is 123 Å². The summed E-state index contributed by atoms with van der Waals surface area (Å²) in [4.78, 5) is 11.5. The van der Waals surface area contributed by atoms with Crippen molar-refractivity contribution in [2.24, 2.45) is 0 Å². The molecule has 0 aromatic heterocycles. The first-order chi connectivity index (χ1) is 9.77. The first kappa shape index (κ1) is 15.7. The summed E-state index contributed by atoms with van der Waals surface area (Å²) in [5.74, 6) is -0.733. The van der Waals surface area contributed by atoms with Crippen molar-refractivity contribution in [2.75, 3.05) is 26.1 Å². The zero-order valence-corrected chi connectivity index (χ0v) is 12.7. The van der Waals surface area contributed by atoms with E-state index in [0.29, 0.717) is 13.0 Å². The second kappa shape index (κ2) is 5.63. The summed E-state index contributed by atoms with van der Waals surface area (Å²) in [5, 5.41) is 0. The van der Waals surface area contributed by atoms with Gasteiger partial charge in [0.05, 0.1) is 29.7 Å². The summed E-state index contributed by atoms with van der Waals surface area (Å²) in [5.41, 5.74) is 5.13. The van der Waals surface area contributed by atoms with Crippen molar-refractivity contribution in [1.82, 2.24) is 4.72 Å². The minimum absolute atomic E-state index is 0.0540. The monoisotopic (exact) mass is 314 g/mol. The summed E-state index contributed by atoms with van der Waals surface area (Å²) < 4.78 is 37.5. The highest BCUT2D eigenvalue weighted by atomic mass is 32.2. The molecule has 21 heavy (non-hydrogen) atoms. The number of ether oxygens (including phenoxy) is 2. The lowest BCUT2D eigenvalue weighted by atomic mass is 10.0. The van der Waals surface area contributed by atoms with E-state index in [-0.39, 0.29) is 22.8 Å². The number of hydrogen-bond donors (Lipinski definition) is 2. The first-order valence-electron chi connectivity index (χ1n) is 6.37. The molecule has 1 heterocycles. The van der Waals surface area contributed by atoms with Gasteiger partial charge in [0.25, 0.3) is 0 Å². The van der Waals surface area contributed by atoms with Crippen molar-refractivity contribution in [3.63, 3.8) is 0 Å². The lowest BCUT2D eigenvalue weighted by Crippen LogP contribution is -2.46. The minimum atomic E-state index is -3.92. The molecule has 8 heteroatoms. The number of nitrogens with two attached hydrogens (primary N) is 1. The highest BCUT2D eigenvalue weighted by Gasteiger charge is 2.36. The smallest absolute Gasteiger partial charge is 0.339 e. The van der Waals surface area contributed by atoms with E-state index in [4.69, 9.17) is 10.5 Å². The predicted octanol–water partition coefficient (Wildman–Crippen LogP) is 0.513. The van der Waals surface area contributed by atoms with Crippen LogP contribution < -0.4 is 10.5 Å². The summed E-state index contributed by atoms with van der Waals surface area (Å²) >= 11 is 0. The number of rotatable bonds is 4. The first-order valence-corrected chi connectivity index (χ1v) is 7.85. The normalized spacial score (nSPS) is 22.2. The highest BCUT2D eigenvalue weighted by molar-refractivity contribution is 7.89. The molecule has 1 aromatic carbocycles. The molecule has 2 rings (SSSR count). The maximum absolute atomic E-state index is 12.6. The number of carbonyl (C=O) groups is 1. The molecular formula is C13H18N2O5S. The molecule has 0 spiro atoms. The van der Waals surface area contributed by atoms with E-state index in [2.05, 4.69) is 9.46 Å². The number of carbonyl (C=O) groups excluding carboxylic acids is 1. The number of hydrogen-bond acceptors (Lipinski definition) is 6. The fourth-order valence-corrected chi connectivity index (χ4v) is 3.82. The van der Waals surface area contributed by atoms with Crippen LogP contribution in [0.1, 0.15) is 23.7 Å². The van der Waals surface area contributed by atoms with Crippen molar-refractivity contribution in [2.45, 2.75) is 23.8 Å². The maximum Gasteiger partial charge on any atom is 0.339 e. The van der Waals surface area contributed by atoms with Crippen molar-refractivity contribution in [1.29, 1.82) is 0 Å². The van der Waals surface area contributed by atoms with Gasteiger partial charge in [0.1, 0.15) is 0 Å². The van der Waals surface area contributed by atoms with Gasteiger partial charge >= 0.3 is 5.97 Å². The molecule has 1 fully saturated rings. The molecule has 1 saturated heterocycles. The number of nitrogen functional groups attached to an aromatic ring is 1. The zero-order chi connectivity index (χ0) is 15.7. The van der Waals surface area contributed by atoms with Crippen LogP contribution in [0.25, 0.3) is 0 Å². The second-order valence-corrected chi connectivity index (χ2v) is 6.87. The Morgan fingerprint density at radius 3 is 2.76 bits per heavy atom. The third-order valence-electron chi connectivity index (χ3n) is 3.30. The van der Waals surface area contributed by atoms with Crippen molar-refractivity contribution < 1.29 is 22.7 Å². The average Bonchev–Trinajstić information content (AvgIpc) is 2.83. The topological polar surface area (TPSA) is 108 Å². The van der Waals surface area contributed by atoms with E-state index < -0.39 is 21.5 Å². The highest BCUT2D eigenvalue weighted by Crippen LogP contribution is 2.25. The van der Waals surface area contributed by atoms with Crippen LogP contribution in [0.15, 0.2) is 23.1 Å². The average molecular weight is 314 g/mol. The number of benzene rings is 1. The van der Waals surface area contributed by atoms with E-state index in [1.165, 1.54) is 25.3 Å². The van der Waals surface area contributed by atoms with Crippen LogP contribution in [0.2, 0.25) is 0 Å². The Morgan fingerprint density at radius 2 is 2.19 bits per heavy atom. The van der Waals surface area contributed by atoms with Crippen LogP contribution in [0, 0.1) is 0 Å². The van der Waals surface area contributed by atoms with Gasteiger partial charge in [0.2, 0.25) is 10.0 Å². The van der Waals surface area contributed by atoms with Gasteiger partial charge in [-0.05, 0) is 31.5 Å². The van der Waals surface area contributed by atoms with E-state index in [9.17, 15) is 13.2 Å². The molecule has 0 amide bonds. The molecule has 0 saturated carbocycles. The van der Waals surface area contributed by atoms with E-state index >= 15 is 0 Å². The van der Waals surface area contributed by atoms with E-state index in [0.717, 1.165) is 0 Å². The SMILES string of the molecule is COC(=O)c1ccc(N)cc1S(=O)(=O)NC1(C)CCOC1. The van der Waals surface area contributed by atoms with Gasteiger partial charge in [0.15, 0.2) is 0 Å². The van der Waals surface area contributed by atoms with Crippen LogP contribution in [0.4, 0.5) is 5.69 Å². The lowest BCUT2D eigenvalue weighted by molar-refractivity contribution is 0.0596. The molecule has 3 N–H and O–H groups in total. The van der Waals surface area contributed by atoms with Crippen LogP contribution >= 0.6 is 0 Å². The van der Waals surface area contributed by atoms with E-state index in [1.54, 1.807) is 6.92 Å². The Kier molecular flexibility index (Phi) is 4.22. The number of methoxy groups -OCH3 is 1. The molecule has 1 aliphatic rings. The number of sulfonamides is 1. The van der Waals surface area contributed by atoms with Crippen LogP contribution in [-0.2, 0) is 19.5 Å². The number of esters is 1. The van der Waals surface area contributed by atoms with Crippen LogP contribution in [0.3, 0.4) is 0 Å². The number of nitrogens with one attached hydrogen (secondary N) is 1. The van der Waals surface area contributed by atoms with Crippen molar-refractivity contribution in [3.05, 3.63) is 23.8 Å². The Balaban J connectivity index is 2.43. The van der Waals surface area contributed by atoms with Gasteiger partial charge in [-0.15, -0.1) is 0 Å². The molecule has 1 aliphatic heterocycles. The van der Waals surface area contributed by atoms with Crippen LogP contribution in [0.5, 0.6) is 0 Å². The summed E-state index contributed by atoms with van der Waals surface area (Å²) in [6.45, 7) is 2.52. The third-order valence-corrected chi connectivity index (χ3v) is 4.98. The zero-order valence-electron chi connectivity index (χ0n) is 11.9. The molecule has 7 nitrogen and oxygen atoms in total. The van der Waals surface area contributed by atoms with Gasteiger partial charge < -0.3 is 15.2 Å². The third kappa shape index (κ3) is 3.34. The van der Waals surface area contributed by atoms with Gasteiger partial charge in [-0.2, -0.15) is 0 Å². The molecule has 1 atom stereocenters. The Morgan fingerprint density at radius 1 is 1.48 bits per heavy atom. The molecule has 0 aliphatic carbocycles. The largest absolute Gasteiger partial charge is 0.465 e. The maximum atomic E-state index is 12.6. The number of anilines is 1. The summed E-state index contributed by atoms with van der Waals surface area (Å²) in [7, 11) is -2.73. The standard InChI is InChI=1S/C13H18N2O5S/c1-13(5-6-20-8-13)15-21(17,18)11-7-9(14)3-4-10(11)12(16)19-2/h3-4,7,15H,5-6,8,14H2,1-2H3. The lowest BCUT2D eigenvalue weighted by Gasteiger charge is -2.24. The molecule has 1 unspecified atom stereocenters. The molecule has 1 aromatic rings. The van der Waals surface area contributed by atoms with Gasteiger partial charge in [-0.3, -0.25) is 0 Å². The Bertz CT molecular complexity index is 651. The summed E-state index contributed by atoms with van der Waals surface area (Å²) in [6, 6.07) is 4.03. The van der Waals surface area contributed by atoms with Gasteiger partial charge in [0, 0.05) is 12.3 Å². The fraction of sp³-hybridized carbons (Fsp3) is 0.462. The molecular weight excluding hydrogens is 296 g/mol.